The molecule has 8 heteroatoms. The van der Waals surface area contributed by atoms with Gasteiger partial charge in [0.1, 0.15) is 0 Å². The number of hydrogen-bond acceptors (Lipinski definition) is 4. The molecule has 2 fully saturated rings. The Kier molecular flexibility index (Phi) is 8.99. The van der Waals surface area contributed by atoms with Crippen LogP contribution in [0.2, 0.25) is 39.3 Å². The molecular weight excluding hydrogens is 490 g/mol. The molecule has 2 heterocycles. The van der Waals surface area contributed by atoms with Crippen molar-refractivity contribution in [3.8, 4) is 0 Å². The minimum absolute atomic E-state index is 0.0664. The molecule has 0 N–H and O–H groups in total. The van der Waals surface area contributed by atoms with E-state index in [9.17, 15) is 0 Å². The molecule has 199 valence electrons. The quantitative estimate of drug-likeness (QED) is 0.329. The molecule has 2 saturated heterocycles. The average molecular weight is 546 g/mol. The second kappa shape index (κ2) is 10.0. The van der Waals surface area contributed by atoms with Gasteiger partial charge in [0.15, 0.2) is 0 Å². The fraction of sp³-hybridized carbons (Fsp3) is 0.880. The number of hydrogen-bond donors (Lipinski definition) is 0. The van der Waals surface area contributed by atoms with E-state index in [0.717, 1.165) is 36.3 Å². The van der Waals surface area contributed by atoms with Crippen molar-refractivity contribution in [3.05, 3.63) is 12.7 Å². The van der Waals surface area contributed by atoms with Crippen LogP contribution in [-0.2, 0) is 13.9 Å². The van der Waals surface area contributed by atoms with Crippen LogP contribution in [0.1, 0.15) is 48.5 Å². The summed E-state index contributed by atoms with van der Waals surface area (Å²) in [4.78, 5) is 8.15. The first-order valence-corrected chi connectivity index (χ1v) is 21.0. The van der Waals surface area contributed by atoms with Crippen LogP contribution in [0.25, 0.3) is 0 Å². The Morgan fingerprint density at radius 3 is 1.88 bits per heavy atom. The topological polar surface area (TPSA) is 13.0 Å². The molecule has 0 aromatic carbocycles. The summed E-state index contributed by atoms with van der Waals surface area (Å²) in [6, 6.07) is 0. The summed E-state index contributed by atoms with van der Waals surface area (Å²) >= 11 is 0.0664. The molecule has 0 aliphatic carbocycles. The van der Waals surface area contributed by atoms with E-state index >= 15 is 0 Å². The predicted molar refractivity (Wildman–Crippen MR) is 149 cm³/mol. The zero-order valence-electron chi connectivity index (χ0n) is 24.3. The van der Waals surface area contributed by atoms with Crippen molar-refractivity contribution in [2.45, 2.75) is 98.8 Å². The Labute approximate surface area is 213 Å². The Morgan fingerprint density at radius 1 is 0.970 bits per heavy atom. The molecule has 0 bridgehead atoms. The van der Waals surface area contributed by atoms with Gasteiger partial charge in [0, 0.05) is 0 Å². The van der Waals surface area contributed by atoms with Crippen molar-refractivity contribution >= 4 is 21.1 Å². The Hall–Kier alpha value is 0.363. The van der Waals surface area contributed by atoms with Crippen molar-refractivity contribution in [1.29, 1.82) is 0 Å². The molecule has 0 saturated carbocycles. The first-order chi connectivity index (χ1) is 14.8. The number of nitrogens with zero attached hydrogens (tertiary/aromatic N) is 5. The maximum absolute atomic E-state index is 4.16. The SMILES string of the molecule is C=CCN1CCN(C(C)(C)C)[C]1=[Cu]([N]([Si](C)(C)C)[Si](C)(C)C)[N+]1(C(C)(C)C)CCN(CC)C1. The normalized spacial score (nSPS) is 27.6. The summed E-state index contributed by atoms with van der Waals surface area (Å²) in [5.74, 6) is 0. The molecule has 0 radical (unpaired) electrons. The van der Waals surface area contributed by atoms with Crippen LogP contribution in [0, 0.1) is 0 Å². The summed E-state index contributed by atoms with van der Waals surface area (Å²) in [5, 5.41) is 0. The third kappa shape index (κ3) is 6.03. The van der Waals surface area contributed by atoms with Gasteiger partial charge < -0.3 is 0 Å². The molecule has 2 aliphatic heterocycles. The van der Waals surface area contributed by atoms with Gasteiger partial charge in [-0.25, -0.2) is 0 Å². The van der Waals surface area contributed by atoms with Crippen LogP contribution in [0.4, 0.5) is 0 Å². The van der Waals surface area contributed by atoms with E-state index in [4.69, 9.17) is 0 Å². The van der Waals surface area contributed by atoms with Gasteiger partial charge >= 0.3 is 214 Å². The molecule has 0 aromatic rings. The first-order valence-electron chi connectivity index (χ1n) is 12.8. The van der Waals surface area contributed by atoms with E-state index in [1.54, 1.807) is 4.67 Å². The molecule has 1 atom stereocenters. The summed E-state index contributed by atoms with van der Waals surface area (Å²) in [6.45, 7) is 44.6. The van der Waals surface area contributed by atoms with Crippen molar-refractivity contribution in [3.63, 3.8) is 0 Å². The molecule has 0 spiro atoms. The zero-order chi connectivity index (χ0) is 25.6. The Bertz CT molecular complexity index is 728. The van der Waals surface area contributed by atoms with Crippen molar-refractivity contribution in [1.82, 2.24) is 17.9 Å². The van der Waals surface area contributed by atoms with Gasteiger partial charge in [-0.2, -0.15) is 0 Å². The summed E-state index contributed by atoms with van der Waals surface area (Å²) in [5.41, 5.74) is 0.256. The van der Waals surface area contributed by atoms with Gasteiger partial charge in [-0.15, -0.1) is 0 Å². The van der Waals surface area contributed by atoms with Crippen LogP contribution in [0.15, 0.2) is 12.7 Å². The molecule has 2 rings (SSSR count). The molecule has 2 aliphatic rings. The van der Waals surface area contributed by atoms with Crippen molar-refractivity contribution in [2.24, 2.45) is 0 Å². The van der Waals surface area contributed by atoms with E-state index < -0.39 is 16.5 Å². The van der Waals surface area contributed by atoms with E-state index in [0.29, 0.717) is 0 Å². The number of likely N-dealkylation sites (N-methyl/N-ethyl adjacent to an activating group) is 1. The fourth-order valence-electron chi connectivity index (χ4n) is 5.14. The van der Waals surface area contributed by atoms with Crippen LogP contribution in [-0.4, -0.2) is 99.6 Å². The van der Waals surface area contributed by atoms with Gasteiger partial charge in [0.05, 0.1) is 0 Å². The van der Waals surface area contributed by atoms with Crippen molar-refractivity contribution < 1.29 is 17.4 Å². The minimum atomic E-state index is -1.65. The fourth-order valence-corrected chi connectivity index (χ4v) is 22.2. The molecule has 1 unspecified atom stereocenters. The Balaban J connectivity index is 3.05. The molecule has 33 heavy (non-hydrogen) atoms. The van der Waals surface area contributed by atoms with E-state index in [2.05, 4.69) is 118 Å². The van der Waals surface area contributed by atoms with Gasteiger partial charge in [-0.3, -0.25) is 0 Å². The van der Waals surface area contributed by atoms with Gasteiger partial charge in [0.25, 0.3) is 0 Å². The monoisotopic (exact) mass is 545 g/mol. The molecule has 0 amide bonds. The van der Waals surface area contributed by atoms with Gasteiger partial charge in [-0.05, 0) is 0 Å². The summed E-state index contributed by atoms with van der Waals surface area (Å²) in [7, 11) is -3.30. The van der Waals surface area contributed by atoms with Crippen LogP contribution < -0.4 is 0 Å². The second-order valence-corrected chi connectivity index (χ2v) is 26.6. The van der Waals surface area contributed by atoms with E-state index in [-0.39, 0.29) is 25.0 Å². The molecular formula is C25H56CuN5Si2+. The molecule has 0 aromatic heterocycles. The van der Waals surface area contributed by atoms with Crippen LogP contribution >= 0.6 is 0 Å². The van der Waals surface area contributed by atoms with Gasteiger partial charge in [-0.1, -0.05) is 0 Å². The average Bonchev–Trinajstić information content (AvgIpc) is 3.22. The third-order valence-electron chi connectivity index (χ3n) is 6.52. The maximum atomic E-state index is 4.16. The summed E-state index contributed by atoms with van der Waals surface area (Å²) in [6.07, 6.45) is 2.11. The third-order valence-corrected chi connectivity index (χ3v) is 20.6. The second-order valence-electron chi connectivity index (χ2n) is 13.6. The molecule has 5 nitrogen and oxygen atoms in total. The number of quaternary nitrogens is 1. The van der Waals surface area contributed by atoms with E-state index in [1.165, 1.54) is 13.1 Å². The predicted octanol–water partition coefficient (Wildman–Crippen LogP) is 5.00. The zero-order valence-corrected chi connectivity index (χ0v) is 27.2. The van der Waals surface area contributed by atoms with Crippen molar-refractivity contribution in [2.75, 3.05) is 45.9 Å². The first kappa shape index (κ1) is 29.6. The van der Waals surface area contributed by atoms with Crippen LogP contribution in [0.5, 0.6) is 0 Å². The number of rotatable bonds is 7. The van der Waals surface area contributed by atoms with Gasteiger partial charge in [0.2, 0.25) is 0 Å². The van der Waals surface area contributed by atoms with Crippen LogP contribution in [0.3, 0.4) is 0 Å². The Morgan fingerprint density at radius 2 is 1.52 bits per heavy atom. The summed E-state index contributed by atoms with van der Waals surface area (Å²) < 4.78 is 5.89. The van der Waals surface area contributed by atoms with E-state index in [1.807, 2.05) is 0 Å². The standard InChI is InChI=1S/C10H18N2.C9H20N2.C6H18NSi2.Cu/c1-5-6-11-7-8-12(9-11)10(2,3)4;1-5-10-6-7-11(8-10)9(2,3)4;1-8(2,3)7-9(4,5)6;/h5H,1,6-8H2,2-4H3;5-8H2,1-4H3;1-6H3;/q;;-1;+2.